The van der Waals surface area contributed by atoms with Crippen molar-refractivity contribution < 1.29 is 9.47 Å². The summed E-state index contributed by atoms with van der Waals surface area (Å²) in [6, 6.07) is 0. The lowest BCUT2D eigenvalue weighted by Gasteiger charge is -2.16. The van der Waals surface area contributed by atoms with Gasteiger partial charge in [0.1, 0.15) is 0 Å². The molecule has 0 saturated heterocycles. The second kappa shape index (κ2) is 16.5. The highest BCUT2D eigenvalue weighted by atomic mass is 16.7. The molecular weight excluding hydrogens is 248 g/mol. The summed E-state index contributed by atoms with van der Waals surface area (Å²) in [4.78, 5) is 0. The molecule has 0 aliphatic rings. The molecule has 20 heavy (non-hydrogen) atoms. The molecule has 0 aromatic heterocycles. The van der Waals surface area contributed by atoms with E-state index < -0.39 is 0 Å². The molecule has 0 spiro atoms. The maximum atomic E-state index is 5.80. The Bertz CT molecular complexity index is 214. The fourth-order valence-corrected chi connectivity index (χ4v) is 1.81. The van der Waals surface area contributed by atoms with Crippen LogP contribution in [0.4, 0.5) is 0 Å². The zero-order valence-electron chi connectivity index (χ0n) is 13.8. The van der Waals surface area contributed by atoms with Crippen LogP contribution in [-0.2, 0) is 9.47 Å². The normalized spacial score (nSPS) is 12.2. The zero-order chi connectivity index (χ0) is 14.9. The highest BCUT2D eigenvalue weighted by Gasteiger charge is 2.07. The first kappa shape index (κ1) is 19.4. The van der Waals surface area contributed by atoms with Gasteiger partial charge in [-0.15, -0.1) is 0 Å². The third-order valence-corrected chi connectivity index (χ3v) is 3.04. The molecule has 0 aromatic carbocycles. The van der Waals surface area contributed by atoms with Crippen LogP contribution >= 0.6 is 0 Å². The summed E-state index contributed by atoms with van der Waals surface area (Å²) >= 11 is 0. The molecule has 0 amide bonds. The lowest BCUT2D eigenvalue weighted by atomic mass is 10.2. The van der Waals surface area contributed by atoms with E-state index >= 15 is 0 Å². The van der Waals surface area contributed by atoms with Crippen molar-refractivity contribution in [2.75, 3.05) is 13.2 Å². The lowest BCUT2D eigenvalue weighted by molar-refractivity contribution is -0.131. The molecule has 0 saturated carbocycles. The molecule has 0 aromatic rings. The quantitative estimate of drug-likeness (QED) is 0.233. The molecule has 0 bridgehead atoms. The maximum absolute atomic E-state index is 5.80. The monoisotopic (exact) mass is 282 g/mol. The van der Waals surface area contributed by atoms with E-state index in [0.29, 0.717) is 13.2 Å². The van der Waals surface area contributed by atoms with Crippen molar-refractivity contribution >= 4 is 0 Å². The number of hydrogen-bond donors (Lipinski definition) is 0. The van der Waals surface area contributed by atoms with E-state index in [4.69, 9.17) is 9.47 Å². The summed E-state index contributed by atoms with van der Waals surface area (Å²) in [5, 5.41) is 0. The minimum atomic E-state index is -0.0564. The predicted molar refractivity (Wildman–Crippen MR) is 87.9 cm³/mol. The third kappa shape index (κ3) is 13.8. The van der Waals surface area contributed by atoms with Crippen LogP contribution < -0.4 is 0 Å². The summed E-state index contributed by atoms with van der Waals surface area (Å²) in [5.41, 5.74) is 0. The van der Waals surface area contributed by atoms with Crippen LogP contribution in [0.3, 0.4) is 0 Å². The van der Waals surface area contributed by atoms with Crippen LogP contribution in [0, 0.1) is 0 Å². The number of allylic oxidation sites excluding steroid dienone is 2. The van der Waals surface area contributed by atoms with Crippen molar-refractivity contribution in [2.45, 2.75) is 78.4 Å². The van der Waals surface area contributed by atoms with E-state index in [9.17, 15) is 0 Å². The fraction of sp³-hybridized carbons (Fsp3) is 0.778. The van der Waals surface area contributed by atoms with Gasteiger partial charge in [-0.3, -0.25) is 0 Å². The van der Waals surface area contributed by atoms with Gasteiger partial charge in [-0.05, 0) is 25.7 Å². The van der Waals surface area contributed by atoms with E-state index in [2.05, 4.69) is 45.1 Å². The van der Waals surface area contributed by atoms with Crippen molar-refractivity contribution in [2.24, 2.45) is 0 Å². The van der Waals surface area contributed by atoms with Gasteiger partial charge in [-0.25, -0.2) is 0 Å². The number of ether oxygens (including phenoxy) is 2. The van der Waals surface area contributed by atoms with Crippen molar-refractivity contribution in [3.63, 3.8) is 0 Å². The van der Waals surface area contributed by atoms with Gasteiger partial charge in [-0.2, -0.15) is 0 Å². The molecule has 0 N–H and O–H groups in total. The van der Waals surface area contributed by atoms with Crippen LogP contribution in [0.1, 0.15) is 72.1 Å². The first-order valence-electron chi connectivity index (χ1n) is 8.38. The SMILES string of the molecule is CCC/C=C/COC(CCCCC)OC/C=C/CCC. The molecule has 2 heteroatoms. The molecule has 0 aliphatic carbocycles. The second-order valence-corrected chi connectivity index (χ2v) is 5.11. The largest absolute Gasteiger partial charge is 0.349 e. The van der Waals surface area contributed by atoms with E-state index in [-0.39, 0.29) is 6.29 Å². The topological polar surface area (TPSA) is 18.5 Å². The summed E-state index contributed by atoms with van der Waals surface area (Å²) < 4.78 is 11.6. The molecule has 0 rings (SSSR count). The second-order valence-electron chi connectivity index (χ2n) is 5.11. The van der Waals surface area contributed by atoms with Crippen molar-refractivity contribution in [1.82, 2.24) is 0 Å². The highest BCUT2D eigenvalue weighted by molar-refractivity contribution is 4.82. The number of hydrogen-bond acceptors (Lipinski definition) is 2. The summed E-state index contributed by atoms with van der Waals surface area (Å²) in [6.07, 6.45) is 17.8. The summed E-state index contributed by atoms with van der Waals surface area (Å²) in [5.74, 6) is 0. The van der Waals surface area contributed by atoms with Gasteiger partial charge in [0, 0.05) is 0 Å². The molecule has 118 valence electrons. The Kier molecular flexibility index (Phi) is 16.0. The summed E-state index contributed by atoms with van der Waals surface area (Å²) in [6.45, 7) is 7.91. The van der Waals surface area contributed by atoms with E-state index in [1.165, 1.54) is 32.1 Å². The average Bonchev–Trinajstić information content (AvgIpc) is 2.46. The molecule has 0 heterocycles. The molecule has 0 radical (unpaired) electrons. The van der Waals surface area contributed by atoms with E-state index in [1.807, 2.05) is 0 Å². The smallest absolute Gasteiger partial charge is 0.158 e. The molecule has 0 unspecified atom stereocenters. The number of unbranched alkanes of at least 4 members (excludes halogenated alkanes) is 4. The van der Waals surface area contributed by atoms with Gasteiger partial charge in [0.2, 0.25) is 0 Å². The van der Waals surface area contributed by atoms with Gasteiger partial charge >= 0.3 is 0 Å². The Morgan fingerprint density at radius 1 is 0.700 bits per heavy atom. The highest BCUT2D eigenvalue weighted by Crippen LogP contribution is 2.09. The van der Waals surface area contributed by atoms with Crippen LogP contribution in [0.15, 0.2) is 24.3 Å². The first-order valence-corrected chi connectivity index (χ1v) is 8.38. The zero-order valence-corrected chi connectivity index (χ0v) is 13.8. The van der Waals surface area contributed by atoms with Crippen molar-refractivity contribution in [1.29, 1.82) is 0 Å². The van der Waals surface area contributed by atoms with Crippen molar-refractivity contribution in [3.8, 4) is 0 Å². The Labute approximate surface area is 126 Å². The van der Waals surface area contributed by atoms with E-state index in [0.717, 1.165) is 19.3 Å². The lowest BCUT2D eigenvalue weighted by Crippen LogP contribution is -2.17. The van der Waals surface area contributed by atoms with Gasteiger partial charge in [0.15, 0.2) is 6.29 Å². The van der Waals surface area contributed by atoms with Gasteiger partial charge in [0.25, 0.3) is 0 Å². The van der Waals surface area contributed by atoms with Crippen LogP contribution in [-0.4, -0.2) is 19.5 Å². The Balaban J connectivity index is 3.86. The van der Waals surface area contributed by atoms with Gasteiger partial charge < -0.3 is 9.47 Å². The molecule has 0 atom stereocenters. The Morgan fingerprint density at radius 3 is 1.70 bits per heavy atom. The minimum Gasteiger partial charge on any atom is -0.349 e. The summed E-state index contributed by atoms with van der Waals surface area (Å²) in [7, 11) is 0. The van der Waals surface area contributed by atoms with Gasteiger partial charge in [-0.1, -0.05) is 70.8 Å². The Morgan fingerprint density at radius 2 is 1.25 bits per heavy atom. The van der Waals surface area contributed by atoms with E-state index in [1.54, 1.807) is 0 Å². The fourth-order valence-electron chi connectivity index (χ4n) is 1.81. The van der Waals surface area contributed by atoms with Crippen LogP contribution in [0.25, 0.3) is 0 Å². The Hall–Kier alpha value is -0.600. The molecular formula is C18H34O2. The van der Waals surface area contributed by atoms with Crippen LogP contribution in [0.5, 0.6) is 0 Å². The van der Waals surface area contributed by atoms with Crippen LogP contribution in [0.2, 0.25) is 0 Å². The molecule has 0 fully saturated rings. The molecule has 2 nitrogen and oxygen atoms in total. The first-order chi connectivity index (χ1) is 9.85. The third-order valence-electron chi connectivity index (χ3n) is 3.04. The number of rotatable bonds is 14. The molecule has 0 aliphatic heterocycles. The maximum Gasteiger partial charge on any atom is 0.158 e. The average molecular weight is 282 g/mol. The van der Waals surface area contributed by atoms with Crippen molar-refractivity contribution in [3.05, 3.63) is 24.3 Å². The standard InChI is InChI=1S/C18H34O2/c1-4-7-10-13-16-19-18(15-12-9-6-3)20-17-14-11-8-5-2/h10-11,13-14,18H,4-9,12,15-17H2,1-3H3/b13-10+,14-11+. The predicted octanol–water partition coefficient (Wildman–Crippen LogP) is 5.64. The minimum absolute atomic E-state index is 0.0564. The van der Waals surface area contributed by atoms with Gasteiger partial charge in [0.05, 0.1) is 13.2 Å².